The second-order valence-electron chi connectivity index (χ2n) is 5.29. The summed E-state index contributed by atoms with van der Waals surface area (Å²) in [4.78, 5) is 23.1. The van der Waals surface area contributed by atoms with Gasteiger partial charge in [0.05, 0.1) is 17.4 Å². The third-order valence-corrected chi connectivity index (χ3v) is 3.96. The Morgan fingerprint density at radius 1 is 1.22 bits per heavy atom. The monoisotopic (exact) mass is 253 g/mol. The number of rotatable bonds is 4. The average Bonchev–Trinajstić information content (AvgIpc) is 2.33. The third-order valence-electron chi connectivity index (χ3n) is 3.96. The molecule has 2 unspecified atom stereocenters. The second kappa shape index (κ2) is 5.10. The highest BCUT2D eigenvalue weighted by molar-refractivity contribution is 5.85. The summed E-state index contributed by atoms with van der Waals surface area (Å²) >= 11 is 0. The molecule has 100 valence electrons. The fraction of sp³-hybridized carbons (Fsp3) is 0.692. The van der Waals surface area contributed by atoms with Gasteiger partial charge in [-0.2, -0.15) is 0 Å². The van der Waals surface area contributed by atoms with Crippen molar-refractivity contribution in [1.29, 1.82) is 0 Å². The van der Waals surface area contributed by atoms with Gasteiger partial charge in [0.1, 0.15) is 0 Å². The summed E-state index contributed by atoms with van der Waals surface area (Å²) in [6, 6.07) is 0. The molecule has 0 aromatic carbocycles. The first-order valence-corrected chi connectivity index (χ1v) is 6.40. The summed E-state index contributed by atoms with van der Waals surface area (Å²) in [5.74, 6) is -2.35. The molecular formula is C13H19NO4. The van der Waals surface area contributed by atoms with Crippen molar-refractivity contribution in [3.63, 3.8) is 0 Å². The maximum atomic E-state index is 12.0. The van der Waals surface area contributed by atoms with Gasteiger partial charge >= 0.3 is 5.97 Å². The van der Waals surface area contributed by atoms with E-state index >= 15 is 0 Å². The number of aliphatic hydroxyl groups is 1. The van der Waals surface area contributed by atoms with E-state index in [1.54, 1.807) is 0 Å². The van der Waals surface area contributed by atoms with Crippen LogP contribution in [0.3, 0.4) is 0 Å². The molecule has 3 N–H and O–H groups in total. The molecule has 2 atom stereocenters. The molecule has 0 saturated heterocycles. The minimum atomic E-state index is -0.929. The van der Waals surface area contributed by atoms with Crippen LogP contribution in [0.15, 0.2) is 12.2 Å². The summed E-state index contributed by atoms with van der Waals surface area (Å²) in [5.41, 5.74) is -0.765. The van der Waals surface area contributed by atoms with Crippen LogP contribution in [0.1, 0.15) is 32.1 Å². The quantitative estimate of drug-likeness (QED) is 0.643. The zero-order chi connectivity index (χ0) is 13.2. The fourth-order valence-electron chi connectivity index (χ4n) is 2.52. The van der Waals surface area contributed by atoms with Gasteiger partial charge in [0, 0.05) is 6.54 Å². The maximum absolute atomic E-state index is 12.0. The molecule has 18 heavy (non-hydrogen) atoms. The molecule has 2 aliphatic rings. The van der Waals surface area contributed by atoms with Crippen molar-refractivity contribution in [2.45, 2.75) is 37.7 Å². The first-order valence-electron chi connectivity index (χ1n) is 6.40. The molecular weight excluding hydrogens is 234 g/mol. The largest absolute Gasteiger partial charge is 0.481 e. The average molecular weight is 253 g/mol. The van der Waals surface area contributed by atoms with E-state index < -0.39 is 23.4 Å². The Morgan fingerprint density at radius 3 is 2.33 bits per heavy atom. The molecule has 1 fully saturated rings. The van der Waals surface area contributed by atoms with Crippen molar-refractivity contribution in [1.82, 2.24) is 5.32 Å². The molecule has 1 saturated carbocycles. The van der Waals surface area contributed by atoms with Crippen molar-refractivity contribution in [3.05, 3.63) is 12.2 Å². The number of nitrogens with one attached hydrogen (secondary N) is 1. The molecule has 0 bridgehead atoms. The van der Waals surface area contributed by atoms with Gasteiger partial charge in [-0.05, 0) is 32.1 Å². The number of carbonyl (C=O) groups is 2. The third kappa shape index (κ3) is 2.72. The van der Waals surface area contributed by atoms with Crippen LogP contribution in [0.5, 0.6) is 0 Å². The Hall–Kier alpha value is -1.36. The van der Waals surface area contributed by atoms with Crippen LogP contribution in [0.25, 0.3) is 0 Å². The van der Waals surface area contributed by atoms with Crippen LogP contribution in [-0.4, -0.2) is 34.2 Å². The zero-order valence-electron chi connectivity index (χ0n) is 10.3. The van der Waals surface area contributed by atoms with E-state index in [0.29, 0.717) is 25.7 Å². The number of carboxylic acid groups (broad SMARTS) is 1. The van der Waals surface area contributed by atoms with Crippen molar-refractivity contribution in [2.75, 3.05) is 6.54 Å². The number of allylic oxidation sites excluding steroid dienone is 2. The van der Waals surface area contributed by atoms with Crippen LogP contribution < -0.4 is 5.32 Å². The zero-order valence-corrected chi connectivity index (χ0v) is 10.3. The van der Waals surface area contributed by atoms with E-state index in [0.717, 1.165) is 6.42 Å². The van der Waals surface area contributed by atoms with Gasteiger partial charge in [-0.3, -0.25) is 9.59 Å². The molecule has 2 rings (SSSR count). The number of hydrogen-bond acceptors (Lipinski definition) is 3. The van der Waals surface area contributed by atoms with E-state index in [9.17, 15) is 14.7 Å². The number of amides is 1. The summed E-state index contributed by atoms with van der Waals surface area (Å²) in [5, 5.41) is 21.7. The van der Waals surface area contributed by atoms with Crippen molar-refractivity contribution < 1.29 is 19.8 Å². The maximum Gasteiger partial charge on any atom is 0.307 e. The van der Waals surface area contributed by atoms with Crippen LogP contribution >= 0.6 is 0 Å². The molecule has 0 aromatic heterocycles. The number of carboxylic acids is 1. The van der Waals surface area contributed by atoms with E-state index in [2.05, 4.69) is 5.32 Å². The molecule has 5 heteroatoms. The SMILES string of the molecule is O=C(O)C1CC=CCC1C(=O)NCC1(O)CCC1. The standard InChI is InChI=1S/C13H19NO4/c15-11(14-8-13(18)6-3-7-13)9-4-1-2-5-10(9)12(16)17/h1-2,9-10,18H,3-8H2,(H,14,15)(H,16,17). The lowest BCUT2D eigenvalue weighted by Gasteiger charge is -2.37. The van der Waals surface area contributed by atoms with E-state index in [-0.39, 0.29) is 12.5 Å². The van der Waals surface area contributed by atoms with Gasteiger partial charge < -0.3 is 15.5 Å². The normalized spacial score (nSPS) is 29.4. The number of carbonyl (C=O) groups excluding carboxylic acids is 1. The second-order valence-corrected chi connectivity index (χ2v) is 5.29. The lowest BCUT2D eigenvalue weighted by molar-refractivity contribution is -0.147. The Balaban J connectivity index is 1.90. The Kier molecular flexibility index (Phi) is 3.71. The Morgan fingerprint density at radius 2 is 1.83 bits per heavy atom. The van der Waals surface area contributed by atoms with Gasteiger partial charge in [0.25, 0.3) is 0 Å². The van der Waals surface area contributed by atoms with Crippen LogP contribution in [0.4, 0.5) is 0 Å². The topological polar surface area (TPSA) is 86.6 Å². The number of aliphatic carboxylic acids is 1. The van der Waals surface area contributed by atoms with Crippen molar-refractivity contribution in [3.8, 4) is 0 Å². The molecule has 0 heterocycles. The van der Waals surface area contributed by atoms with Crippen molar-refractivity contribution in [2.24, 2.45) is 11.8 Å². The van der Waals surface area contributed by atoms with Gasteiger partial charge in [-0.15, -0.1) is 0 Å². The van der Waals surface area contributed by atoms with Gasteiger partial charge in [0.2, 0.25) is 5.91 Å². The van der Waals surface area contributed by atoms with E-state index in [1.807, 2.05) is 12.2 Å². The molecule has 0 aliphatic heterocycles. The Bertz CT molecular complexity index is 373. The summed E-state index contributed by atoms with van der Waals surface area (Å²) in [6.45, 7) is 0.235. The lowest BCUT2D eigenvalue weighted by atomic mass is 9.79. The van der Waals surface area contributed by atoms with Crippen LogP contribution in [-0.2, 0) is 9.59 Å². The summed E-state index contributed by atoms with van der Waals surface area (Å²) in [6.07, 6.45) is 6.92. The highest BCUT2D eigenvalue weighted by atomic mass is 16.4. The molecule has 2 aliphatic carbocycles. The minimum absolute atomic E-state index is 0.235. The highest BCUT2D eigenvalue weighted by Gasteiger charge is 2.37. The summed E-state index contributed by atoms with van der Waals surface area (Å²) in [7, 11) is 0. The number of hydrogen-bond donors (Lipinski definition) is 3. The van der Waals surface area contributed by atoms with Crippen LogP contribution in [0.2, 0.25) is 0 Å². The summed E-state index contributed by atoms with van der Waals surface area (Å²) < 4.78 is 0. The molecule has 1 amide bonds. The highest BCUT2D eigenvalue weighted by Crippen LogP contribution is 2.31. The molecule has 0 spiro atoms. The van der Waals surface area contributed by atoms with Gasteiger partial charge in [-0.1, -0.05) is 12.2 Å². The first kappa shape index (κ1) is 13.1. The van der Waals surface area contributed by atoms with E-state index in [1.165, 1.54) is 0 Å². The Labute approximate surface area is 106 Å². The first-order chi connectivity index (χ1) is 8.52. The molecule has 0 aromatic rings. The van der Waals surface area contributed by atoms with E-state index in [4.69, 9.17) is 5.11 Å². The predicted molar refractivity (Wildman–Crippen MR) is 64.8 cm³/mol. The minimum Gasteiger partial charge on any atom is -0.481 e. The molecule has 0 radical (unpaired) electrons. The van der Waals surface area contributed by atoms with Crippen molar-refractivity contribution >= 4 is 11.9 Å². The fourth-order valence-corrected chi connectivity index (χ4v) is 2.52. The predicted octanol–water partition coefficient (Wildman–Crippen LogP) is 0.685. The molecule has 5 nitrogen and oxygen atoms in total. The van der Waals surface area contributed by atoms with Crippen LogP contribution in [0, 0.1) is 11.8 Å². The van der Waals surface area contributed by atoms with Gasteiger partial charge in [-0.25, -0.2) is 0 Å². The van der Waals surface area contributed by atoms with Gasteiger partial charge in [0.15, 0.2) is 0 Å². The smallest absolute Gasteiger partial charge is 0.307 e. The lowest BCUT2D eigenvalue weighted by Crippen LogP contribution is -2.50.